The van der Waals surface area contributed by atoms with Crippen molar-refractivity contribution in [3.8, 4) is 0 Å². The lowest BCUT2D eigenvalue weighted by molar-refractivity contribution is -0.113. The first-order valence-electron chi connectivity index (χ1n) is 6.43. The van der Waals surface area contributed by atoms with Crippen LogP contribution in [0.2, 0.25) is 0 Å². The van der Waals surface area contributed by atoms with Gasteiger partial charge >= 0.3 is 0 Å². The molecule has 1 aromatic heterocycles. The molecule has 0 spiro atoms. The summed E-state index contributed by atoms with van der Waals surface area (Å²) in [6.45, 7) is 4.05. The first kappa shape index (κ1) is 15.0. The van der Waals surface area contributed by atoms with E-state index < -0.39 is 0 Å². The van der Waals surface area contributed by atoms with Crippen LogP contribution in [0, 0.1) is 6.92 Å². The van der Waals surface area contributed by atoms with Crippen molar-refractivity contribution in [1.29, 1.82) is 0 Å². The molecular formula is C14H17N3OS2. The van der Waals surface area contributed by atoms with Gasteiger partial charge in [0.1, 0.15) is 0 Å². The maximum absolute atomic E-state index is 11.8. The molecule has 4 nitrogen and oxygen atoms in total. The fraction of sp³-hybridized carbons (Fsp3) is 0.357. The third-order valence-electron chi connectivity index (χ3n) is 2.86. The molecule has 0 fully saturated rings. The summed E-state index contributed by atoms with van der Waals surface area (Å²) in [7, 11) is 0. The zero-order valence-electron chi connectivity index (χ0n) is 11.5. The van der Waals surface area contributed by atoms with E-state index in [1.807, 2.05) is 31.2 Å². The number of hydrogen-bond acceptors (Lipinski definition) is 5. The highest BCUT2D eigenvalue weighted by Crippen LogP contribution is 2.15. The summed E-state index contributed by atoms with van der Waals surface area (Å²) in [5.74, 6) is 1.16. The molecular weight excluding hydrogens is 290 g/mol. The van der Waals surface area contributed by atoms with Crippen LogP contribution in [-0.2, 0) is 17.0 Å². The quantitative estimate of drug-likeness (QED) is 0.890. The minimum Gasteiger partial charge on any atom is -0.325 e. The number of rotatable bonds is 6. The van der Waals surface area contributed by atoms with Gasteiger partial charge in [-0.15, -0.1) is 11.8 Å². The average Bonchev–Trinajstić information content (AvgIpc) is 2.85. The average molecular weight is 307 g/mol. The molecule has 1 amide bonds. The Balaban J connectivity index is 1.76. The summed E-state index contributed by atoms with van der Waals surface area (Å²) in [4.78, 5) is 11.8. The largest absolute Gasteiger partial charge is 0.325 e. The lowest BCUT2D eigenvalue weighted by atomic mass is 10.1. The highest BCUT2D eigenvalue weighted by Gasteiger charge is 2.06. The van der Waals surface area contributed by atoms with Crippen LogP contribution in [0.3, 0.4) is 0 Å². The predicted molar refractivity (Wildman–Crippen MR) is 85.3 cm³/mol. The van der Waals surface area contributed by atoms with Crippen LogP contribution in [0.25, 0.3) is 0 Å². The highest BCUT2D eigenvalue weighted by molar-refractivity contribution is 7.99. The molecule has 0 aliphatic rings. The lowest BCUT2D eigenvalue weighted by Crippen LogP contribution is -2.14. The van der Waals surface area contributed by atoms with E-state index in [9.17, 15) is 4.79 Å². The minimum atomic E-state index is 0.0140. The third-order valence-corrected chi connectivity index (χ3v) is 4.47. The van der Waals surface area contributed by atoms with Gasteiger partial charge in [0, 0.05) is 11.4 Å². The SMILES string of the molecule is CCc1ccc(NC(=O)CSCc2nsnc2C)cc1. The molecule has 0 saturated heterocycles. The normalized spacial score (nSPS) is 10.5. The van der Waals surface area contributed by atoms with Crippen molar-refractivity contribution in [1.82, 2.24) is 8.75 Å². The van der Waals surface area contributed by atoms with E-state index in [1.54, 1.807) is 11.8 Å². The number of anilines is 1. The van der Waals surface area contributed by atoms with Crippen molar-refractivity contribution in [3.05, 3.63) is 41.2 Å². The van der Waals surface area contributed by atoms with E-state index in [2.05, 4.69) is 21.0 Å². The second kappa shape index (κ2) is 7.40. The van der Waals surface area contributed by atoms with E-state index in [4.69, 9.17) is 0 Å². The molecule has 1 N–H and O–H groups in total. The van der Waals surface area contributed by atoms with Crippen LogP contribution in [0.15, 0.2) is 24.3 Å². The van der Waals surface area contributed by atoms with Crippen LogP contribution in [0.4, 0.5) is 5.69 Å². The van der Waals surface area contributed by atoms with Crippen LogP contribution in [0.5, 0.6) is 0 Å². The predicted octanol–water partition coefficient (Wildman–Crippen LogP) is 3.28. The van der Waals surface area contributed by atoms with E-state index in [-0.39, 0.29) is 5.91 Å². The number of nitrogens with zero attached hydrogens (tertiary/aromatic N) is 2. The van der Waals surface area contributed by atoms with Gasteiger partial charge in [0.25, 0.3) is 0 Å². The Hall–Kier alpha value is -1.40. The van der Waals surface area contributed by atoms with Gasteiger partial charge in [-0.25, -0.2) is 0 Å². The Morgan fingerprint density at radius 1 is 1.30 bits per heavy atom. The summed E-state index contributed by atoms with van der Waals surface area (Å²) in [5, 5.41) is 2.89. The van der Waals surface area contributed by atoms with Gasteiger partial charge in [-0.05, 0) is 31.0 Å². The fourth-order valence-electron chi connectivity index (χ4n) is 1.64. The van der Waals surface area contributed by atoms with Crippen LogP contribution >= 0.6 is 23.5 Å². The second-order valence-electron chi connectivity index (χ2n) is 4.39. The molecule has 2 rings (SSSR count). The number of benzene rings is 1. The maximum Gasteiger partial charge on any atom is 0.234 e. The van der Waals surface area contributed by atoms with Crippen molar-refractivity contribution in [2.45, 2.75) is 26.0 Å². The number of aromatic nitrogens is 2. The first-order valence-corrected chi connectivity index (χ1v) is 8.32. The number of thioether (sulfide) groups is 1. The van der Waals surface area contributed by atoms with E-state index in [0.29, 0.717) is 5.75 Å². The first-order chi connectivity index (χ1) is 9.69. The summed E-state index contributed by atoms with van der Waals surface area (Å²) < 4.78 is 8.31. The van der Waals surface area contributed by atoms with E-state index in [1.165, 1.54) is 17.3 Å². The number of nitrogens with one attached hydrogen (secondary N) is 1. The molecule has 6 heteroatoms. The summed E-state index contributed by atoms with van der Waals surface area (Å²) in [6.07, 6.45) is 1.01. The highest BCUT2D eigenvalue weighted by atomic mass is 32.2. The van der Waals surface area contributed by atoms with Crippen molar-refractivity contribution < 1.29 is 4.79 Å². The molecule has 106 valence electrons. The number of aryl methyl sites for hydroxylation is 2. The molecule has 0 atom stereocenters. The van der Waals surface area contributed by atoms with Gasteiger partial charge in [-0.2, -0.15) is 8.75 Å². The van der Waals surface area contributed by atoms with Crippen LogP contribution in [-0.4, -0.2) is 20.4 Å². The maximum atomic E-state index is 11.8. The molecule has 0 unspecified atom stereocenters. The van der Waals surface area contributed by atoms with Crippen LogP contribution in [0.1, 0.15) is 23.9 Å². The topological polar surface area (TPSA) is 54.9 Å². The Labute approximate surface area is 127 Å². The van der Waals surface area contributed by atoms with Crippen molar-refractivity contribution in [2.75, 3.05) is 11.1 Å². The van der Waals surface area contributed by atoms with E-state index >= 15 is 0 Å². The monoisotopic (exact) mass is 307 g/mol. The number of hydrogen-bond donors (Lipinski definition) is 1. The molecule has 0 saturated carbocycles. The lowest BCUT2D eigenvalue weighted by Gasteiger charge is -2.05. The molecule has 0 aliphatic heterocycles. The Kier molecular flexibility index (Phi) is 5.55. The third kappa shape index (κ3) is 4.31. The van der Waals surface area contributed by atoms with E-state index in [0.717, 1.165) is 29.2 Å². The Bertz CT molecular complexity index is 566. The molecule has 0 aliphatic carbocycles. The molecule has 0 radical (unpaired) electrons. The van der Waals surface area contributed by atoms with Crippen molar-refractivity contribution in [3.63, 3.8) is 0 Å². The number of carbonyl (C=O) groups is 1. The standard InChI is InChI=1S/C14H17N3OS2/c1-3-11-4-6-12(7-5-11)15-14(18)9-19-8-13-10(2)16-20-17-13/h4-7H,3,8-9H2,1-2H3,(H,15,18). The second-order valence-corrected chi connectivity index (χ2v) is 5.90. The summed E-state index contributed by atoms with van der Waals surface area (Å²) >= 11 is 2.77. The van der Waals surface area contributed by atoms with Crippen molar-refractivity contribution >= 4 is 35.1 Å². The number of carbonyl (C=O) groups excluding carboxylic acids is 1. The Morgan fingerprint density at radius 3 is 2.65 bits per heavy atom. The Morgan fingerprint density at radius 2 is 2.05 bits per heavy atom. The molecule has 0 bridgehead atoms. The molecule has 20 heavy (non-hydrogen) atoms. The smallest absolute Gasteiger partial charge is 0.234 e. The zero-order chi connectivity index (χ0) is 14.4. The molecule has 2 aromatic rings. The zero-order valence-corrected chi connectivity index (χ0v) is 13.2. The number of amides is 1. The van der Waals surface area contributed by atoms with Gasteiger partial charge in [-0.3, -0.25) is 4.79 Å². The summed E-state index contributed by atoms with van der Waals surface area (Å²) in [6, 6.07) is 7.95. The van der Waals surface area contributed by atoms with Gasteiger partial charge < -0.3 is 5.32 Å². The summed E-state index contributed by atoms with van der Waals surface area (Å²) in [5.41, 5.74) is 4.04. The minimum absolute atomic E-state index is 0.0140. The van der Waals surface area contributed by atoms with Crippen LogP contribution < -0.4 is 5.32 Å². The molecule has 1 aromatic carbocycles. The van der Waals surface area contributed by atoms with Gasteiger partial charge in [0.05, 0.1) is 28.9 Å². The van der Waals surface area contributed by atoms with Crippen molar-refractivity contribution in [2.24, 2.45) is 0 Å². The van der Waals surface area contributed by atoms with Gasteiger partial charge in [-0.1, -0.05) is 19.1 Å². The van der Waals surface area contributed by atoms with Gasteiger partial charge in [0.15, 0.2) is 0 Å². The fourth-order valence-corrected chi connectivity index (χ4v) is 3.11. The van der Waals surface area contributed by atoms with Gasteiger partial charge in [0.2, 0.25) is 5.91 Å². The molecule has 1 heterocycles.